The van der Waals surface area contributed by atoms with E-state index >= 15 is 0 Å². The smallest absolute Gasteiger partial charge is 0.142 e. The van der Waals surface area contributed by atoms with Gasteiger partial charge in [0.05, 0.1) is 42.7 Å². The van der Waals surface area contributed by atoms with E-state index in [2.05, 4.69) is 25.1 Å². The van der Waals surface area contributed by atoms with Crippen molar-refractivity contribution in [3.8, 4) is 11.3 Å². The standard InChI is InChI=1S/C22H23N5O2/c28-22(17-11-19(12-17)27-5-7-29-8-6-27)13-18-10-16-9-15(1-2-20(16)26-25-18)21-14-23-3-4-24-21/h1-4,9-10,14,17,19H,5-8,11-13H2. The maximum absolute atomic E-state index is 12.7. The van der Waals surface area contributed by atoms with Gasteiger partial charge in [-0.05, 0) is 31.0 Å². The Labute approximate surface area is 169 Å². The normalized spacial score (nSPS) is 22.3. The predicted octanol–water partition coefficient (Wildman–Crippen LogP) is 2.31. The van der Waals surface area contributed by atoms with Gasteiger partial charge in [-0.15, -0.1) is 0 Å². The number of carbonyl (C=O) groups excluding carboxylic acids is 1. The predicted molar refractivity (Wildman–Crippen MR) is 108 cm³/mol. The van der Waals surface area contributed by atoms with Crippen molar-refractivity contribution in [2.75, 3.05) is 26.3 Å². The van der Waals surface area contributed by atoms with Crippen LogP contribution >= 0.6 is 0 Å². The van der Waals surface area contributed by atoms with Gasteiger partial charge in [-0.25, -0.2) is 0 Å². The summed E-state index contributed by atoms with van der Waals surface area (Å²) in [4.78, 5) is 23.7. The second-order valence-electron chi connectivity index (χ2n) is 7.81. The van der Waals surface area contributed by atoms with E-state index in [1.165, 1.54) is 0 Å². The third-order valence-corrected chi connectivity index (χ3v) is 5.98. The number of ketones is 1. The largest absolute Gasteiger partial charge is 0.379 e. The Morgan fingerprint density at radius 1 is 1.10 bits per heavy atom. The fraction of sp³-hybridized carbons (Fsp3) is 0.409. The van der Waals surface area contributed by atoms with Gasteiger partial charge in [-0.3, -0.25) is 19.7 Å². The molecule has 3 heterocycles. The van der Waals surface area contributed by atoms with Crippen LogP contribution in [0.25, 0.3) is 22.2 Å². The van der Waals surface area contributed by atoms with Gasteiger partial charge in [0.1, 0.15) is 5.78 Å². The van der Waals surface area contributed by atoms with Crippen molar-refractivity contribution in [1.29, 1.82) is 0 Å². The Morgan fingerprint density at radius 3 is 2.76 bits per heavy atom. The third kappa shape index (κ3) is 3.88. The lowest BCUT2D eigenvalue weighted by Crippen LogP contribution is -2.51. The number of morpholine rings is 1. The first-order valence-corrected chi connectivity index (χ1v) is 10.1. The maximum atomic E-state index is 12.7. The monoisotopic (exact) mass is 389 g/mol. The number of hydrogen-bond donors (Lipinski definition) is 0. The van der Waals surface area contributed by atoms with Crippen molar-refractivity contribution in [2.24, 2.45) is 5.92 Å². The number of Topliss-reactive ketones (excluding diaryl/α,β-unsaturated/α-hetero) is 1. The van der Waals surface area contributed by atoms with Crippen LogP contribution in [0.15, 0.2) is 42.9 Å². The molecule has 7 heteroatoms. The Kier molecular flexibility index (Phi) is 4.99. The Morgan fingerprint density at radius 2 is 1.97 bits per heavy atom. The number of benzene rings is 1. The molecule has 29 heavy (non-hydrogen) atoms. The van der Waals surface area contributed by atoms with Gasteiger partial charge in [0.25, 0.3) is 0 Å². The molecule has 2 aromatic heterocycles. The third-order valence-electron chi connectivity index (χ3n) is 5.98. The molecule has 2 aliphatic rings. The molecule has 1 aliphatic carbocycles. The first-order chi connectivity index (χ1) is 14.3. The highest BCUT2D eigenvalue weighted by atomic mass is 16.5. The van der Waals surface area contributed by atoms with Crippen LogP contribution in [-0.2, 0) is 16.0 Å². The quantitative estimate of drug-likeness (QED) is 0.662. The average Bonchev–Trinajstić information content (AvgIpc) is 2.73. The van der Waals surface area contributed by atoms with Crippen molar-refractivity contribution in [3.63, 3.8) is 0 Å². The zero-order valence-electron chi connectivity index (χ0n) is 16.2. The molecule has 0 amide bonds. The summed E-state index contributed by atoms with van der Waals surface area (Å²) in [6, 6.07) is 8.42. The lowest BCUT2D eigenvalue weighted by atomic mass is 9.75. The van der Waals surface area contributed by atoms with Gasteiger partial charge >= 0.3 is 0 Å². The molecule has 0 spiro atoms. The van der Waals surface area contributed by atoms with E-state index in [9.17, 15) is 4.79 Å². The first kappa shape index (κ1) is 18.3. The Balaban J connectivity index is 1.26. The van der Waals surface area contributed by atoms with Crippen molar-refractivity contribution in [3.05, 3.63) is 48.5 Å². The lowest BCUT2D eigenvalue weighted by molar-refractivity contribution is -0.127. The van der Waals surface area contributed by atoms with E-state index in [1.807, 2.05) is 24.3 Å². The fourth-order valence-electron chi connectivity index (χ4n) is 4.20. The van der Waals surface area contributed by atoms with Crippen molar-refractivity contribution in [2.45, 2.75) is 25.3 Å². The van der Waals surface area contributed by atoms with E-state index in [0.29, 0.717) is 12.5 Å². The number of carbonyl (C=O) groups is 1. The van der Waals surface area contributed by atoms with Crippen LogP contribution in [0.1, 0.15) is 18.5 Å². The molecule has 0 atom stereocenters. The summed E-state index contributed by atoms with van der Waals surface area (Å²) in [6.07, 6.45) is 7.33. The Hall–Kier alpha value is -2.77. The molecule has 3 aromatic rings. The van der Waals surface area contributed by atoms with E-state index in [1.54, 1.807) is 18.6 Å². The molecule has 1 saturated heterocycles. The number of fused-ring (bicyclic) bond motifs is 1. The topological polar surface area (TPSA) is 81.1 Å². The first-order valence-electron chi connectivity index (χ1n) is 10.1. The highest BCUT2D eigenvalue weighted by Crippen LogP contribution is 2.33. The maximum Gasteiger partial charge on any atom is 0.142 e. The molecule has 2 fully saturated rings. The van der Waals surface area contributed by atoms with Crippen LogP contribution in [0.2, 0.25) is 0 Å². The molecule has 148 valence electrons. The van der Waals surface area contributed by atoms with Gasteiger partial charge in [-0.1, -0.05) is 6.07 Å². The molecule has 1 saturated carbocycles. The molecule has 0 unspecified atom stereocenters. The minimum Gasteiger partial charge on any atom is -0.379 e. The molecular weight excluding hydrogens is 366 g/mol. The van der Waals surface area contributed by atoms with Crippen LogP contribution in [0.4, 0.5) is 0 Å². The van der Waals surface area contributed by atoms with E-state index in [4.69, 9.17) is 4.74 Å². The number of ether oxygens (including phenoxy) is 1. The number of hydrogen-bond acceptors (Lipinski definition) is 7. The summed E-state index contributed by atoms with van der Waals surface area (Å²) in [7, 11) is 0. The SMILES string of the molecule is O=C(Cc1cc2cc(-c3cnccn3)ccc2nn1)C1CC(N2CCOCC2)C1. The van der Waals surface area contributed by atoms with E-state index in [0.717, 1.165) is 67.0 Å². The average molecular weight is 389 g/mol. The van der Waals surface area contributed by atoms with Crippen molar-refractivity contribution < 1.29 is 9.53 Å². The van der Waals surface area contributed by atoms with Crippen LogP contribution in [0.3, 0.4) is 0 Å². The van der Waals surface area contributed by atoms with Crippen molar-refractivity contribution >= 4 is 16.7 Å². The summed E-state index contributed by atoms with van der Waals surface area (Å²) < 4.78 is 5.41. The summed E-state index contributed by atoms with van der Waals surface area (Å²) in [5.74, 6) is 0.416. The summed E-state index contributed by atoms with van der Waals surface area (Å²) >= 11 is 0. The highest BCUT2D eigenvalue weighted by Gasteiger charge is 2.38. The van der Waals surface area contributed by atoms with Gasteiger partial charge in [0.2, 0.25) is 0 Å². The number of rotatable bonds is 5. The second kappa shape index (κ2) is 7.93. The summed E-state index contributed by atoms with van der Waals surface area (Å²) in [6.45, 7) is 3.57. The minimum atomic E-state index is 0.145. The molecule has 0 radical (unpaired) electrons. The van der Waals surface area contributed by atoms with Gasteiger partial charge < -0.3 is 4.74 Å². The van der Waals surface area contributed by atoms with E-state index in [-0.39, 0.29) is 11.7 Å². The second-order valence-corrected chi connectivity index (χ2v) is 7.81. The fourth-order valence-corrected chi connectivity index (χ4v) is 4.20. The van der Waals surface area contributed by atoms with Crippen LogP contribution in [0, 0.1) is 5.92 Å². The van der Waals surface area contributed by atoms with Crippen LogP contribution in [-0.4, -0.2) is 63.2 Å². The van der Waals surface area contributed by atoms with Gasteiger partial charge in [-0.2, -0.15) is 10.2 Å². The molecular formula is C22H23N5O2. The molecule has 0 bridgehead atoms. The minimum absolute atomic E-state index is 0.145. The molecule has 1 aromatic carbocycles. The van der Waals surface area contributed by atoms with Gasteiger partial charge in [0, 0.05) is 48.4 Å². The zero-order valence-corrected chi connectivity index (χ0v) is 16.2. The lowest BCUT2D eigenvalue weighted by Gasteiger charge is -2.43. The molecule has 5 rings (SSSR count). The zero-order chi connectivity index (χ0) is 19.6. The molecule has 0 N–H and O–H groups in total. The molecule has 7 nitrogen and oxygen atoms in total. The van der Waals surface area contributed by atoms with Gasteiger partial charge in [0.15, 0.2) is 0 Å². The number of nitrogens with zero attached hydrogens (tertiary/aromatic N) is 5. The van der Waals surface area contributed by atoms with Crippen molar-refractivity contribution in [1.82, 2.24) is 25.1 Å². The molecule has 1 aliphatic heterocycles. The van der Waals surface area contributed by atoms with Crippen LogP contribution < -0.4 is 0 Å². The summed E-state index contributed by atoms with van der Waals surface area (Å²) in [5.41, 5.74) is 3.33. The number of aromatic nitrogens is 4. The Bertz CT molecular complexity index is 1010. The highest BCUT2D eigenvalue weighted by molar-refractivity contribution is 5.86. The van der Waals surface area contributed by atoms with E-state index < -0.39 is 0 Å². The summed E-state index contributed by atoms with van der Waals surface area (Å²) in [5, 5.41) is 9.54. The van der Waals surface area contributed by atoms with Crippen LogP contribution in [0.5, 0.6) is 0 Å².